The highest BCUT2D eigenvalue weighted by atomic mass is 16.5. The second-order valence-electron chi connectivity index (χ2n) is 7.98. The van der Waals surface area contributed by atoms with Crippen LogP contribution in [0.15, 0.2) is 0 Å². The van der Waals surface area contributed by atoms with Crippen LogP contribution in [0.5, 0.6) is 0 Å². The summed E-state index contributed by atoms with van der Waals surface area (Å²) in [5.74, 6) is -4.55. The van der Waals surface area contributed by atoms with E-state index in [2.05, 4.69) is 16.0 Å². The van der Waals surface area contributed by atoms with E-state index < -0.39 is 72.2 Å². The molecule has 0 rings (SSSR count). The minimum Gasteiger partial charge on any atom is -0.467 e. The Morgan fingerprint density at radius 3 is 1.71 bits per heavy atom. The third-order valence-corrected chi connectivity index (χ3v) is 4.53. The van der Waals surface area contributed by atoms with Gasteiger partial charge in [-0.2, -0.15) is 0 Å². The molecular weight excluding hydrogens is 410 g/mol. The molecule has 0 aliphatic carbocycles. The van der Waals surface area contributed by atoms with Gasteiger partial charge >= 0.3 is 5.97 Å². The fourth-order valence-electron chi connectivity index (χ4n) is 2.55. The summed E-state index contributed by atoms with van der Waals surface area (Å²) >= 11 is 0. The molecule has 4 amide bonds. The first-order chi connectivity index (χ1) is 14.2. The van der Waals surface area contributed by atoms with Crippen LogP contribution in [0.25, 0.3) is 0 Å². The van der Waals surface area contributed by atoms with Crippen molar-refractivity contribution in [2.45, 2.75) is 71.3 Å². The smallest absolute Gasteiger partial charge is 0.328 e. The molecule has 0 aliphatic heterocycles. The molecule has 0 saturated heterocycles. The number of hydrogen-bond acceptors (Lipinski definition) is 8. The van der Waals surface area contributed by atoms with Crippen molar-refractivity contribution in [2.75, 3.05) is 7.11 Å². The first-order valence-corrected chi connectivity index (χ1v) is 9.93. The van der Waals surface area contributed by atoms with Crippen LogP contribution >= 0.6 is 0 Å². The van der Waals surface area contributed by atoms with Gasteiger partial charge in [-0.3, -0.25) is 19.2 Å². The van der Waals surface area contributed by atoms with Crippen LogP contribution < -0.4 is 27.4 Å². The number of rotatable bonds is 12. The Kier molecular flexibility index (Phi) is 11.7. The van der Waals surface area contributed by atoms with Gasteiger partial charge in [-0.05, 0) is 18.8 Å². The predicted octanol–water partition coefficient (Wildman–Crippen LogP) is -2.49. The van der Waals surface area contributed by atoms with Gasteiger partial charge in [-0.25, -0.2) is 4.79 Å². The summed E-state index contributed by atoms with van der Waals surface area (Å²) in [7, 11) is 1.20. The summed E-state index contributed by atoms with van der Waals surface area (Å²) in [6.07, 6.45) is -1.74. The summed E-state index contributed by atoms with van der Waals surface area (Å²) < 4.78 is 4.69. The quantitative estimate of drug-likeness (QED) is 0.177. The molecule has 0 fully saturated rings. The summed E-state index contributed by atoms with van der Waals surface area (Å²) in [6.45, 7) is 8.05. The molecule has 12 heteroatoms. The average Bonchev–Trinajstić information content (AvgIpc) is 2.66. The average molecular weight is 446 g/mol. The number of hydrogen-bond donors (Lipinski definition) is 6. The van der Waals surface area contributed by atoms with Gasteiger partial charge in [0.15, 0.2) is 0 Å². The predicted molar refractivity (Wildman–Crippen MR) is 111 cm³/mol. The van der Waals surface area contributed by atoms with E-state index in [4.69, 9.17) is 16.2 Å². The second-order valence-corrected chi connectivity index (χ2v) is 7.98. The van der Waals surface area contributed by atoms with Gasteiger partial charge in [0.2, 0.25) is 23.6 Å². The highest BCUT2D eigenvalue weighted by Crippen LogP contribution is 2.08. The van der Waals surface area contributed by atoms with Crippen LogP contribution in [-0.2, 0) is 28.7 Å². The minimum atomic E-state index is -1.41. The van der Waals surface area contributed by atoms with Crippen molar-refractivity contribution in [3.05, 3.63) is 0 Å². The highest BCUT2D eigenvalue weighted by Gasteiger charge is 2.34. The number of carbonyl (C=O) groups is 5. The van der Waals surface area contributed by atoms with Crippen LogP contribution in [0, 0.1) is 11.8 Å². The third kappa shape index (κ3) is 9.30. The first-order valence-electron chi connectivity index (χ1n) is 9.93. The molecule has 0 radical (unpaired) electrons. The SMILES string of the molecule is COC(=O)[C@H](NC(=O)[C@H](NC(=O)[C@H](CC(N)=O)NC(=O)[C@@H](N)[C@@H](C)O)C(C)C)C(C)C. The number of aliphatic hydroxyl groups excluding tert-OH is 1. The topological polar surface area (TPSA) is 203 Å². The molecule has 0 aromatic heterocycles. The molecule has 0 spiro atoms. The van der Waals surface area contributed by atoms with E-state index in [9.17, 15) is 29.1 Å². The molecule has 12 nitrogen and oxygen atoms in total. The first kappa shape index (κ1) is 28.3. The zero-order valence-electron chi connectivity index (χ0n) is 18.8. The second kappa shape index (κ2) is 12.8. The van der Waals surface area contributed by atoms with Crippen LogP contribution in [0.3, 0.4) is 0 Å². The zero-order chi connectivity index (χ0) is 24.5. The number of methoxy groups -OCH3 is 1. The van der Waals surface area contributed by atoms with E-state index >= 15 is 0 Å². The molecule has 0 bridgehead atoms. The van der Waals surface area contributed by atoms with Crippen LogP contribution in [-0.4, -0.2) is 72.1 Å². The van der Waals surface area contributed by atoms with E-state index in [1.807, 2.05) is 0 Å². The number of nitrogens with one attached hydrogen (secondary N) is 3. The summed E-state index contributed by atoms with van der Waals surface area (Å²) in [4.78, 5) is 60.9. The Labute approximate surface area is 181 Å². The van der Waals surface area contributed by atoms with E-state index in [1.165, 1.54) is 14.0 Å². The maximum atomic E-state index is 12.8. The van der Waals surface area contributed by atoms with Crippen molar-refractivity contribution in [1.29, 1.82) is 0 Å². The Morgan fingerprint density at radius 1 is 0.839 bits per heavy atom. The Balaban J connectivity index is 5.50. The minimum absolute atomic E-state index is 0.274. The lowest BCUT2D eigenvalue weighted by atomic mass is 9.99. The molecule has 0 aromatic rings. The number of aliphatic hydroxyl groups is 1. The van der Waals surface area contributed by atoms with E-state index in [0.29, 0.717) is 0 Å². The van der Waals surface area contributed by atoms with Crippen molar-refractivity contribution in [2.24, 2.45) is 23.3 Å². The standard InChI is InChI=1S/C19H35N5O7/c1-8(2)14(18(29)24-15(9(3)4)19(30)31-6)23-16(27)11(7-12(20)26)22-17(28)13(21)10(5)25/h8-11,13-15,25H,7,21H2,1-6H3,(H2,20,26)(H,22,28)(H,23,27)(H,24,29)/t10-,11+,13+,14-,15-/m1/s1. The van der Waals surface area contributed by atoms with Crippen molar-refractivity contribution >= 4 is 29.6 Å². The number of amides is 4. The summed E-state index contributed by atoms with van der Waals surface area (Å²) in [5.41, 5.74) is 10.7. The van der Waals surface area contributed by atoms with E-state index in [1.54, 1.807) is 27.7 Å². The van der Waals surface area contributed by atoms with Crippen LogP contribution in [0.1, 0.15) is 41.0 Å². The lowest BCUT2D eigenvalue weighted by molar-refractivity contribution is -0.147. The van der Waals surface area contributed by atoms with Gasteiger partial charge < -0.3 is 37.3 Å². The largest absolute Gasteiger partial charge is 0.467 e. The molecule has 178 valence electrons. The molecule has 0 unspecified atom stereocenters. The summed E-state index contributed by atoms with van der Waals surface area (Å²) in [6, 6.07) is -4.76. The molecule has 5 atom stereocenters. The van der Waals surface area contributed by atoms with Crippen LogP contribution in [0.2, 0.25) is 0 Å². The van der Waals surface area contributed by atoms with Crippen molar-refractivity contribution in [3.8, 4) is 0 Å². The molecule has 0 aromatic carbocycles. The van der Waals surface area contributed by atoms with E-state index in [-0.39, 0.29) is 5.92 Å². The zero-order valence-corrected chi connectivity index (χ0v) is 18.8. The third-order valence-electron chi connectivity index (χ3n) is 4.53. The fraction of sp³-hybridized carbons (Fsp3) is 0.737. The van der Waals surface area contributed by atoms with Gasteiger partial charge in [-0.15, -0.1) is 0 Å². The normalized spacial score (nSPS) is 15.9. The molecule has 0 heterocycles. The van der Waals surface area contributed by atoms with E-state index in [0.717, 1.165) is 0 Å². The fourth-order valence-corrected chi connectivity index (χ4v) is 2.55. The molecule has 0 saturated carbocycles. The lowest BCUT2D eigenvalue weighted by Gasteiger charge is -2.28. The van der Waals surface area contributed by atoms with Gasteiger partial charge in [0, 0.05) is 0 Å². The van der Waals surface area contributed by atoms with Crippen LogP contribution in [0.4, 0.5) is 0 Å². The maximum absolute atomic E-state index is 12.8. The number of ether oxygens (including phenoxy) is 1. The maximum Gasteiger partial charge on any atom is 0.328 e. The highest BCUT2D eigenvalue weighted by molar-refractivity contribution is 5.96. The van der Waals surface area contributed by atoms with Gasteiger partial charge in [0.25, 0.3) is 0 Å². The van der Waals surface area contributed by atoms with Gasteiger partial charge in [-0.1, -0.05) is 27.7 Å². The number of nitrogens with two attached hydrogens (primary N) is 2. The number of carbonyl (C=O) groups excluding carboxylic acids is 5. The molecular formula is C19H35N5O7. The Morgan fingerprint density at radius 2 is 1.32 bits per heavy atom. The Bertz CT molecular complexity index is 666. The van der Waals surface area contributed by atoms with Crippen molar-refractivity contribution < 1.29 is 33.8 Å². The van der Waals surface area contributed by atoms with Gasteiger partial charge in [0.1, 0.15) is 24.2 Å². The molecule has 0 aliphatic rings. The molecule has 8 N–H and O–H groups in total. The van der Waals surface area contributed by atoms with Gasteiger partial charge in [0.05, 0.1) is 19.6 Å². The van der Waals surface area contributed by atoms with Crippen molar-refractivity contribution in [3.63, 3.8) is 0 Å². The molecule has 31 heavy (non-hydrogen) atoms. The number of primary amides is 1. The Hall–Kier alpha value is -2.73. The van der Waals surface area contributed by atoms with Crippen molar-refractivity contribution in [1.82, 2.24) is 16.0 Å². The lowest BCUT2D eigenvalue weighted by Crippen LogP contribution is -2.60. The monoisotopic (exact) mass is 445 g/mol. The number of esters is 1. The summed E-state index contributed by atoms with van der Waals surface area (Å²) in [5, 5.41) is 16.7.